The van der Waals surface area contributed by atoms with E-state index < -0.39 is 12.1 Å². The van der Waals surface area contributed by atoms with E-state index in [-0.39, 0.29) is 18.6 Å². The minimum Gasteiger partial charge on any atom is -0.496 e. The highest BCUT2D eigenvalue weighted by Gasteiger charge is 2.40. The molecule has 1 heterocycles. The zero-order valence-corrected chi connectivity index (χ0v) is 17.3. The van der Waals surface area contributed by atoms with Crippen molar-refractivity contribution < 1.29 is 19.1 Å². The maximum atomic E-state index is 13.1. The number of cyclic esters (lactones) is 1. The first kappa shape index (κ1) is 20.4. The molecule has 2 aromatic rings. The summed E-state index contributed by atoms with van der Waals surface area (Å²) in [4.78, 5) is 26.6. The number of imide groups is 1. The van der Waals surface area contributed by atoms with Gasteiger partial charge in [-0.05, 0) is 66.8 Å². The van der Waals surface area contributed by atoms with E-state index in [9.17, 15) is 9.59 Å². The molecule has 0 aromatic heterocycles. The number of benzene rings is 2. The van der Waals surface area contributed by atoms with Gasteiger partial charge < -0.3 is 15.2 Å². The fourth-order valence-electron chi connectivity index (χ4n) is 4.56. The molecule has 1 aliphatic carbocycles. The lowest BCUT2D eigenvalue weighted by atomic mass is 9.85. The number of nitrogens with two attached hydrogens (primary N) is 1. The lowest BCUT2D eigenvalue weighted by Gasteiger charge is -2.25. The van der Waals surface area contributed by atoms with Crippen molar-refractivity contribution in [3.63, 3.8) is 0 Å². The fourth-order valence-corrected chi connectivity index (χ4v) is 4.56. The van der Waals surface area contributed by atoms with E-state index >= 15 is 0 Å². The third-order valence-electron chi connectivity index (χ3n) is 6.08. The maximum absolute atomic E-state index is 13.1. The van der Waals surface area contributed by atoms with Crippen molar-refractivity contribution in [2.24, 2.45) is 5.73 Å². The maximum Gasteiger partial charge on any atom is 0.417 e. The molecular weight excluding hydrogens is 380 g/mol. The van der Waals surface area contributed by atoms with Gasteiger partial charge in [-0.3, -0.25) is 4.79 Å². The highest BCUT2D eigenvalue weighted by molar-refractivity contribution is 5.96. The first-order valence-electron chi connectivity index (χ1n) is 10.6. The molecule has 1 aliphatic heterocycles. The molecule has 2 atom stereocenters. The standard InChI is InChI=1S/C24H28N2O4/c1-29-22-12-11-17(19-9-5-6-10-20(19)22)14-21(25)23(27)26-18(15-30-24(26)28)13-16-7-3-2-4-8-16/h2-4,7-8,11-12,18,21H,5-6,9-10,13-15,25H2,1H3/t18-,21-/m0/s1. The van der Waals surface area contributed by atoms with Gasteiger partial charge in [0.2, 0.25) is 5.91 Å². The number of hydrogen-bond acceptors (Lipinski definition) is 5. The third kappa shape index (κ3) is 4.05. The second-order valence-corrected chi connectivity index (χ2v) is 8.03. The summed E-state index contributed by atoms with van der Waals surface area (Å²) in [5.41, 5.74) is 10.9. The molecule has 4 rings (SSSR count). The Bertz CT molecular complexity index is 928. The zero-order chi connectivity index (χ0) is 21.1. The summed E-state index contributed by atoms with van der Waals surface area (Å²) in [5.74, 6) is 0.526. The van der Waals surface area contributed by atoms with E-state index in [1.165, 1.54) is 16.0 Å². The molecule has 0 saturated carbocycles. The van der Waals surface area contributed by atoms with Crippen LogP contribution in [0.25, 0.3) is 0 Å². The zero-order valence-electron chi connectivity index (χ0n) is 17.3. The lowest BCUT2D eigenvalue weighted by Crippen LogP contribution is -2.49. The number of amides is 2. The normalized spacial score (nSPS) is 19.2. The molecule has 30 heavy (non-hydrogen) atoms. The molecule has 6 heteroatoms. The number of fused-ring (bicyclic) bond motifs is 1. The number of rotatable bonds is 6. The summed E-state index contributed by atoms with van der Waals surface area (Å²) < 4.78 is 10.7. The van der Waals surface area contributed by atoms with Gasteiger partial charge in [-0.1, -0.05) is 36.4 Å². The van der Waals surface area contributed by atoms with Crippen LogP contribution in [0.15, 0.2) is 42.5 Å². The predicted molar refractivity (Wildman–Crippen MR) is 113 cm³/mol. The predicted octanol–water partition coefficient (Wildman–Crippen LogP) is 3.03. The van der Waals surface area contributed by atoms with E-state index in [4.69, 9.17) is 15.2 Å². The van der Waals surface area contributed by atoms with Gasteiger partial charge in [0.25, 0.3) is 0 Å². The van der Waals surface area contributed by atoms with Crippen LogP contribution in [-0.2, 0) is 35.2 Å². The summed E-state index contributed by atoms with van der Waals surface area (Å²) in [6.07, 6.45) is 4.55. The Kier molecular flexibility index (Phi) is 6.04. The average molecular weight is 408 g/mol. The number of carbonyl (C=O) groups excluding carboxylic acids is 2. The van der Waals surface area contributed by atoms with Crippen molar-refractivity contribution in [3.8, 4) is 5.75 Å². The molecule has 1 saturated heterocycles. The van der Waals surface area contributed by atoms with Gasteiger partial charge in [0.1, 0.15) is 12.4 Å². The van der Waals surface area contributed by atoms with E-state index in [0.717, 1.165) is 42.6 Å². The number of methoxy groups -OCH3 is 1. The smallest absolute Gasteiger partial charge is 0.417 e. The van der Waals surface area contributed by atoms with Crippen LogP contribution in [0.5, 0.6) is 5.75 Å². The molecule has 2 aromatic carbocycles. The van der Waals surface area contributed by atoms with Gasteiger partial charge in [0.05, 0.1) is 19.2 Å². The van der Waals surface area contributed by atoms with E-state index in [2.05, 4.69) is 0 Å². The van der Waals surface area contributed by atoms with Crippen molar-refractivity contribution in [3.05, 3.63) is 64.7 Å². The molecular formula is C24H28N2O4. The Hall–Kier alpha value is -2.86. The molecule has 0 unspecified atom stereocenters. The molecule has 158 valence electrons. The fraction of sp³-hybridized carbons (Fsp3) is 0.417. The monoisotopic (exact) mass is 408 g/mol. The first-order chi connectivity index (χ1) is 14.6. The molecule has 2 amide bonds. The van der Waals surface area contributed by atoms with Crippen LogP contribution in [-0.4, -0.2) is 42.7 Å². The lowest BCUT2D eigenvalue weighted by molar-refractivity contribution is -0.130. The quantitative estimate of drug-likeness (QED) is 0.795. The third-order valence-corrected chi connectivity index (χ3v) is 6.08. The van der Waals surface area contributed by atoms with E-state index in [0.29, 0.717) is 12.8 Å². The number of carbonyl (C=O) groups is 2. The number of hydrogen-bond donors (Lipinski definition) is 1. The SMILES string of the molecule is COc1ccc(C[C@H](N)C(=O)N2C(=O)OC[C@@H]2Cc2ccccc2)c2c1CCCC2. The highest BCUT2D eigenvalue weighted by Crippen LogP contribution is 2.33. The van der Waals surface area contributed by atoms with Gasteiger partial charge >= 0.3 is 6.09 Å². The minimum atomic E-state index is -0.798. The Morgan fingerprint density at radius 1 is 1.17 bits per heavy atom. The van der Waals surface area contributed by atoms with E-state index in [1.54, 1.807) is 7.11 Å². The van der Waals surface area contributed by atoms with Gasteiger partial charge in [-0.25, -0.2) is 9.69 Å². The molecule has 2 aliphatic rings. The van der Waals surface area contributed by atoms with Crippen LogP contribution < -0.4 is 10.5 Å². The molecule has 0 bridgehead atoms. The van der Waals surface area contributed by atoms with Crippen molar-refractivity contribution in [2.75, 3.05) is 13.7 Å². The summed E-state index contributed by atoms with van der Waals surface area (Å²) in [5, 5.41) is 0. The summed E-state index contributed by atoms with van der Waals surface area (Å²) in [6.45, 7) is 0.199. The van der Waals surface area contributed by atoms with Crippen molar-refractivity contribution in [1.82, 2.24) is 4.90 Å². The summed E-state index contributed by atoms with van der Waals surface area (Å²) >= 11 is 0. The largest absolute Gasteiger partial charge is 0.496 e. The second-order valence-electron chi connectivity index (χ2n) is 8.03. The van der Waals surface area contributed by atoms with Crippen LogP contribution in [0.2, 0.25) is 0 Å². The van der Waals surface area contributed by atoms with Crippen LogP contribution in [0.3, 0.4) is 0 Å². The summed E-state index contributed by atoms with van der Waals surface area (Å²) in [6, 6.07) is 12.6. The molecule has 1 fully saturated rings. The van der Waals surface area contributed by atoms with E-state index in [1.807, 2.05) is 42.5 Å². The van der Waals surface area contributed by atoms with Gasteiger partial charge in [0, 0.05) is 0 Å². The highest BCUT2D eigenvalue weighted by atomic mass is 16.6. The molecule has 0 spiro atoms. The molecule has 2 N–H and O–H groups in total. The molecule has 0 radical (unpaired) electrons. The first-order valence-corrected chi connectivity index (χ1v) is 10.6. The number of ether oxygens (including phenoxy) is 2. The van der Waals surface area contributed by atoms with Crippen LogP contribution in [0, 0.1) is 0 Å². The summed E-state index contributed by atoms with van der Waals surface area (Å²) in [7, 11) is 1.69. The average Bonchev–Trinajstić information content (AvgIpc) is 3.14. The van der Waals surface area contributed by atoms with Gasteiger partial charge in [0.15, 0.2) is 0 Å². The Morgan fingerprint density at radius 3 is 2.63 bits per heavy atom. The minimum absolute atomic E-state index is 0.199. The van der Waals surface area contributed by atoms with Crippen molar-refractivity contribution >= 4 is 12.0 Å². The van der Waals surface area contributed by atoms with Crippen LogP contribution in [0.4, 0.5) is 4.79 Å². The van der Waals surface area contributed by atoms with Gasteiger partial charge in [-0.2, -0.15) is 0 Å². The van der Waals surface area contributed by atoms with Crippen LogP contribution in [0.1, 0.15) is 35.1 Å². The van der Waals surface area contributed by atoms with Crippen molar-refractivity contribution in [1.29, 1.82) is 0 Å². The number of nitrogens with zero attached hydrogens (tertiary/aromatic N) is 1. The van der Waals surface area contributed by atoms with Gasteiger partial charge in [-0.15, -0.1) is 0 Å². The topological polar surface area (TPSA) is 81.9 Å². The molecule has 6 nitrogen and oxygen atoms in total. The van der Waals surface area contributed by atoms with Crippen LogP contribution >= 0.6 is 0 Å². The second kappa shape index (κ2) is 8.88. The Labute approximate surface area is 177 Å². The Balaban J connectivity index is 1.51. The Morgan fingerprint density at radius 2 is 1.90 bits per heavy atom. The van der Waals surface area contributed by atoms with Crippen molar-refractivity contribution in [2.45, 2.75) is 50.6 Å².